The molecule has 30 heavy (non-hydrogen) atoms. The number of rotatable bonds is 5. The highest BCUT2D eigenvalue weighted by molar-refractivity contribution is 7.22. The number of ether oxygens (including phenoxy) is 1. The minimum atomic E-state index is -0.371. The summed E-state index contributed by atoms with van der Waals surface area (Å²) in [5.74, 6) is 0.439. The van der Waals surface area contributed by atoms with Gasteiger partial charge in [-0.05, 0) is 42.5 Å². The van der Waals surface area contributed by atoms with Crippen molar-refractivity contribution in [1.82, 2.24) is 4.98 Å². The monoisotopic (exact) mass is 418 g/mol. The van der Waals surface area contributed by atoms with E-state index >= 15 is 0 Å². The molecule has 0 bridgehead atoms. The number of thiazole rings is 1. The molecule has 0 atom stereocenters. The van der Waals surface area contributed by atoms with E-state index in [0.29, 0.717) is 27.8 Å². The lowest BCUT2D eigenvalue weighted by atomic mass is 10.2. The summed E-state index contributed by atoms with van der Waals surface area (Å²) in [4.78, 5) is 29.0. The van der Waals surface area contributed by atoms with Crippen molar-refractivity contribution in [3.63, 3.8) is 0 Å². The van der Waals surface area contributed by atoms with E-state index in [9.17, 15) is 9.59 Å². The van der Waals surface area contributed by atoms with Gasteiger partial charge in [0.05, 0.1) is 17.3 Å². The van der Waals surface area contributed by atoms with Gasteiger partial charge in [-0.15, -0.1) is 0 Å². The molecule has 1 aromatic heterocycles. The maximum Gasteiger partial charge on any atom is 0.323 e. The summed E-state index contributed by atoms with van der Waals surface area (Å²) in [6.45, 7) is 0. The van der Waals surface area contributed by atoms with E-state index in [1.807, 2.05) is 24.3 Å². The predicted octanol–water partition coefficient (Wildman–Crippen LogP) is 5.20. The van der Waals surface area contributed by atoms with Crippen LogP contribution in [-0.2, 0) is 0 Å². The van der Waals surface area contributed by atoms with Crippen LogP contribution in [0.2, 0.25) is 0 Å². The van der Waals surface area contributed by atoms with E-state index in [-0.39, 0.29) is 11.9 Å². The van der Waals surface area contributed by atoms with Crippen molar-refractivity contribution >= 4 is 50.0 Å². The van der Waals surface area contributed by atoms with Crippen LogP contribution in [0.4, 0.5) is 21.3 Å². The molecule has 0 aliphatic rings. The number of anilines is 3. The molecule has 8 heteroatoms. The largest absolute Gasteiger partial charge is 0.497 e. The predicted molar refractivity (Wildman–Crippen MR) is 120 cm³/mol. The number of aromatic nitrogens is 1. The number of nitrogens with one attached hydrogen (secondary N) is 3. The molecule has 150 valence electrons. The van der Waals surface area contributed by atoms with E-state index in [2.05, 4.69) is 20.9 Å². The topological polar surface area (TPSA) is 92.3 Å². The van der Waals surface area contributed by atoms with Crippen molar-refractivity contribution in [2.45, 2.75) is 0 Å². The maximum atomic E-state index is 12.3. The zero-order valence-electron chi connectivity index (χ0n) is 16.0. The standard InChI is InChI=1S/C22H18N4O3S/c1-29-17-9-5-8-15(12-17)23-21(28)24-16-10-11-18-19(13-16)30-22(25-18)26-20(27)14-6-3-2-4-7-14/h2-13H,1H3,(H2,23,24,28)(H,25,26,27). The van der Waals surface area contributed by atoms with Crippen LogP contribution < -0.4 is 20.7 Å². The van der Waals surface area contributed by atoms with E-state index in [4.69, 9.17) is 4.74 Å². The Hall–Kier alpha value is -3.91. The van der Waals surface area contributed by atoms with Crippen molar-refractivity contribution in [2.24, 2.45) is 0 Å². The lowest BCUT2D eigenvalue weighted by Gasteiger charge is -2.08. The molecule has 1 heterocycles. The third-order valence-electron chi connectivity index (χ3n) is 4.23. The molecule has 0 unspecified atom stereocenters. The zero-order valence-corrected chi connectivity index (χ0v) is 16.8. The fourth-order valence-corrected chi connectivity index (χ4v) is 3.71. The van der Waals surface area contributed by atoms with Gasteiger partial charge in [-0.25, -0.2) is 9.78 Å². The van der Waals surface area contributed by atoms with Crippen LogP contribution in [0.3, 0.4) is 0 Å². The molecule has 0 radical (unpaired) electrons. The molecule has 0 aliphatic heterocycles. The number of fused-ring (bicyclic) bond motifs is 1. The average Bonchev–Trinajstić information content (AvgIpc) is 3.15. The normalized spacial score (nSPS) is 10.4. The molecular weight excluding hydrogens is 400 g/mol. The van der Waals surface area contributed by atoms with Gasteiger partial charge >= 0.3 is 6.03 Å². The first-order valence-electron chi connectivity index (χ1n) is 9.10. The van der Waals surface area contributed by atoms with Gasteiger partial charge in [0.1, 0.15) is 5.75 Å². The van der Waals surface area contributed by atoms with Gasteiger partial charge < -0.3 is 15.4 Å². The second-order valence-corrected chi connectivity index (χ2v) is 7.36. The van der Waals surface area contributed by atoms with Crippen LogP contribution in [0.5, 0.6) is 5.75 Å². The van der Waals surface area contributed by atoms with Crippen LogP contribution in [-0.4, -0.2) is 24.0 Å². The third kappa shape index (κ3) is 4.56. The van der Waals surface area contributed by atoms with Gasteiger partial charge in [-0.1, -0.05) is 35.6 Å². The highest BCUT2D eigenvalue weighted by Gasteiger charge is 2.11. The van der Waals surface area contributed by atoms with Crippen LogP contribution >= 0.6 is 11.3 Å². The first-order valence-corrected chi connectivity index (χ1v) is 9.91. The minimum absolute atomic E-state index is 0.217. The number of urea groups is 1. The number of carbonyl (C=O) groups is 2. The van der Waals surface area contributed by atoms with Gasteiger partial charge in [0, 0.05) is 23.0 Å². The SMILES string of the molecule is COc1cccc(NC(=O)Nc2ccc3nc(NC(=O)c4ccccc4)sc3c2)c1. The Balaban J connectivity index is 1.44. The van der Waals surface area contributed by atoms with Crippen molar-refractivity contribution in [3.05, 3.63) is 78.4 Å². The fourth-order valence-electron chi connectivity index (χ4n) is 2.81. The molecule has 3 amide bonds. The zero-order chi connectivity index (χ0) is 20.9. The van der Waals surface area contributed by atoms with E-state index in [0.717, 1.165) is 10.2 Å². The van der Waals surface area contributed by atoms with Gasteiger partial charge in [-0.2, -0.15) is 0 Å². The number of methoxy groups -OCH3 is 1. The maximum absolute atomic E-state index is 12.3. The summed E-state index contributed by atoms with van der Waals surface area (Å²) in [7, 11) is 1.57. The lowest BCUT2D eigenvalue weighted by Crippen LogP contribution is -2.19. The molecule has 0 saturated carbocycles. The Morgan fingerprint density at radius 1 is 0.867 bits per heavy atom. The summed E-state index contributed by atoms with van der Waals surface area (Å²) in [6.07, 6.45) is 0. The first kappa shape index (κ1) is 19.4. The molecular formula is C22H18N4O3S. The van der Waals surface area contributed by atoms with E-state index in [1.165, 1.54) is 11.3 Å². The number of nitrogens with zero attached hydrogens (tertiary/aromatic N) is 1. The molecule has 0 fully saturated rings. The molecule has 4 rings (SSSR count). The van der Waals surface area contributed by atoms with Gasteiger partial charge in [0.25, 0.3) is 5.91 Å². The Morgan fingerprint density at radius 2 is 1.63 bits per heavy atom. The van der Waals surface area contributed by atoms with Gasteiger partial charge in [0.2, 0.25) is 0 Å². The number of benzene rings is 3. The van der Waals surface area contributed by atoms with Crippen LogP contribution in [0, 0.1) is 0 Å². The highest BCUT2D eigenvalue weighted by atomic mass is 32.1. The number of amides is 3. The molecule has 0 saturated heterocycles. The third-order valence-corrected chi connectivity index (χ3v) is 5.16. The number of hydrogen-bond donors (Lipinski definition) is 3. The first-order chi connectivity index (χ1) is 14.6. The Morgan fingerprint density at radius 3 is 2.40 bits per heavy atom. The quantitative estimate of drug-likeness (QED) is 0.415. The second-order valence-electron chi connectivity index (χ2n) is 6.33. The Kier molecular flexibility index (Phi) is 5.58. The van der Waals surface area contributed by atoms with Crippen LogP contribution in [0.25, 0.3) is 10.2 Å². The van der Waals surface area contributed by atoms with Crippen molar-refractivity contribution in [3.8, 4) is 5.75 Å². The average molecular weight is 418 g/mol. The fraction of sp³-hybridized carbons (Fsp3) is 0.0455. The smallest absolute Gasteiger partial charge is 0.323 e. The molecule has 3 N–H and O–H groups in total. The number of hydrogen-bond acceptors (Lipinski definition) is 5. The minimum Gasteiger partial charge on any atom is -0.497 e. The number of carbonyl (C=O) groups excluding carboxylic acids is 2. The Bertz CT molecular complexity index is 1210. The summed E-state index contributed by atoms with van der Waals surface area (Å²) in [5, 5.41) is 8.87. The molecule has 0 spiro atoms. The van der Waals surface area contributed by atoms with E-state index in [1.54, 1.807) is 55.6 Å². The summed E-state index contributed by atoms with van der Waals surface area (Å²) >= 11 is 1.34. The highest BCUT2D eigenvalue weighted by Crippen LogP contribution is 2.29. The second kappa shape index (κ2) is 8.62. The van der Waals surface area contributed by atoms with Crippen molar-refractivity contribution < 1.29 is 14.3 Å². The molecule has 7 nitrogen and oxygen atoms in total. The Labute approximate surface area is 176 Å². The summed E-state index contributed by atoms with van der Waals surface area (Å²) < 4.78 is 6.00. The van der Waals surface area contributed by atoms with Gasteiger partial charge in [0.15, 0.2) is 5.13 Å². The van der Waals surface area contributed by atoms with Gasteiger partial charge in [-0.3, -0.25) is 10.1 Å². The molecule has 3 aromatic carbocycles. The molecule has 0 aliphatic carbocycles. The summed E-state index contributed by atoms with van der Waals surface area (Å²) in [5.41, 5.74) is 2.54. The lowest BCUT2D eigenvalue weighted by molar-refractivity contribution is 0.102. The van der Waals surface area contributed by atoms with Crippen LogP contribution in [0.1, 0.15) is 10.4 Å². The van der Waals surface area contributed by atoms with E-state index < -0.39 is 0 Å². The van der Waals surface area contributed by atoms with Crippen molar-refractivity contribution in [1.29, 1.82) is 0 Å². The molecule has 4 aromatic rings. The van der Waals surface area contributed by atoms with Crippen LogP contribution in [0.15, 0.2) is 72.8 Å². The van der Waals surface area contributed by atoms with Crippen molar-refractivity contribution in [2.75, 3.05) is 23.1 Å². The summed E-state index contributed by atoms with van der Waals surface area (Å²) in [6, 6.07) is 21.1.